The fourth-order valence-corrected chi connectivity index (χ4v) is 2.40. The average Bonchev–Trinajstić information content (AvgIpc) is 2.47. The molecular formula is C15H15BrClNO4. The van der Waals surface area contributed by atoms with E-state index in [0.29, 0.717) is 10.8 Å². The quantitative estimate of drug-likeness (QED) is 0.528. The van der Waals surface area contributed by atoms with Crippen LogP contribution in [0.3, 0.4) is 0 Å². The molecule has 0 bridgehead atoms. The predicted molar refractivity (Wildman–Crippen MR) is 84.8 cm³/mol. The number of nitriles is 1. The van der Waals surface area contributed by atoms with Crippen LogP contribution in [0.2, 0.25) is 5.02 Å². The van der Waals surface area contributed by atoms with Crippen molar-refractivity contribution in [1.82, 2.24) is 0 Å². The van der Waals surface area contributed by atoms with Crippen molar-refractivity contribution in [2.24, 2.45) is 5.41 Å². The van der Waals surface area contributed by atoms with E-state index in [1.54, 1.807) is 44.2 Å². The summed E-state index contributed by atoms with van der Waals surface area (Å²) in [7, 11) is 0. The molecule has 0 N–H and O–H groups in total. The third-order valence-electron chi connectivity index (χ3n) is 2.74. The van der Waals surface area contributed by atoms with Crippen molar-refractivity contribution in [2.45, 2.75) is 25.3 Å². The molecule has 1 aromatic carbocycles. The van der Waals surface area contributed by atoms with Crippen molar-refractivity contribution in [3.8, 4) is 11.8 Å². The van der Waals surface area contributed by atoms with Gasteiger partial charge in [0, 0.05) is 5.02 Å². The lowest BCUT2D eigenvalue weighted by molar-refractivity contribution is -0.148. The van der Waals surface area contributed by atoms with Gasteiger partial charge in [-0.05, 0) is 54.0 Å². The Kier molecular flexibility index (Phi) is 6.85. The van der Waals surface area contributed by atoms with Crippen LogP contribution >= 0.6 is 27.5 Å². The van der Waals surface area contributed by atoms with Gasteiger partial charge in [0.2, 0.25) is 5.01 Å². The third-order valence-corrected chi connectivity index (χ3v) is 3.60. The first kappa shape index (κ1) is 18.5. The number of esters is 1. The van der Waals surface area contributed by atoms with Gasteiger partial charge in [-0.1, -0.05) is 11.6 Å². The summed E-state index contributed by atoms with van der Waals surface area (Å²) in [6.45, 7) is 3.14. The van der Waals surface area contributed by atoms with Gasteiger partial charge in [0.15, 0.2) is 5.78 Å². The predicted octanol–water partition coefficient (Wildman–Crippen LogP) is 3.49. The molecule has 1 unspecified atom stereocenters. The Hall–Kier alpha value is -1.58. The van der Waals surface area contributed by atoms with Crippen LogP contribution in [0.4, 0.5) is 0 Å². The molecule has 118 valence electrons. The number of alkyl halides is 1. The van der Waals surface area contributed by atoms with Crippen LogP contribution in [0.1, 0.15) is 20.3 Å². The molecule has 0 heterocycles. The Morgan fingerprint density at radius 1 is 1.36 bits per heavy atom. The van der Waals surface area contributed by atoms with E-state index in [1.807, 2.05) is 0 Å². The molecule has 1 atom stereocenters. The zero-order valence-corrected chi connectivity index (χ0v) is 14.5. The maximum absolute atomic E-state index is 12.4. The summed E-state index contributed by atoms with van der Waals surface area (Å²) in [5.74, 6) is -0.461. The van der Waals surface area contributed by atoms with Crippen LogP contribution in [0.15, 0.2) is 24.3 Å². The van der Waals surface area contributed by atoms with E-state index in [4.69, 9.17) is 26.3 Å². The first-order chi connectivity index (χ1) is 10.3. The second-order valence-corrected chi connectivity index (χ2v) is 6.40. The normalized spacial score (nSPS) is 12.1. The van der Waals surface area contributed by atoms with Crippen LogP contribution in [-0.4, -0.2) is 23.4 Å². The summed E-state index contributed by atoms with van der Waals surface area (Å²) in [4.78, 5) is 23.5. The number of benzene rings is 1. The van der Waals surface area contributed by atoms with E-state index >= 15 is 0 Å². The molecule has 0 radical (unpaired) electrons. The highest BCUT2D eigenvalue weighted by atomic mass is 79.9. The Balaban J connectivity index is 2.62. The monoisotopic (exact) mass is 387 g/mol. The molecule has 0 amide bonds. The zero-order chi connectivity index (χ0) is 16.8. The minimum atomic E-state index is -0.953. The van der Waals surface area contributed by atoms with Crippen LogP contribution in [-0.2, 0) is 14.3 Å². The van der Waals surface area contributed by atoms with Crippen molar-refractivity contribution < 1.29 is 19.1 Å². The van der Waals surface area contributed by atoms with Gasteiger partial charge in [0.05, 0.1) is 11.5 Å². The highest BCUT2D eigenvalue weighted by molar-refractivity contribution is 9.09. The lowest BCUT2D eigenvalue weighted by atomic mass is 9.89. The minimum absolute atomic E-state index is 0.127. The third kappa shape index (κ3) is 5.66. The molecule has 0 spiro atoms. The number of carbonyl (C=O) groups is 2. The highest BCUT2D eigenvalue weighted by Crippen LogP contribution is 2.25. The van der Waals surface area contributed by atoms with Gasteiger partial charge in [-0.25, -0.2) is 0 Å². The number of rotatable bonds is 7. The van der Waals surface area contributed by atoms with Crippen LogP contribution in [0, 0.1) is 16.7 Å². The number of carbonyl (C=O) groups excluding carboxylic acids is 2. The molecule has 22 heavy (non-hydrogen) atoms. The van der Waals surface area contributed by atoms with E-state index in [0.717, 1.165) is 0 Å². The number of Topliss-reactive ketones (excluding diaryl/α,β-unsaturated/α-hetero) is 1. The molecular weight excluding hydrogens is 374 g/mol. The van der Waals surface area contributed by atoms with Crippen molar-refractivity contribution in [1.29, 1.82) is 5.26 Å². The maximum atomic E-state index is 12.4. The molecule has 0 aliphatic carbocycles. The molecule has 0 aromatic heterocycles. The number of ketones is 1. The highest BCUT2D eigenvalue weighted by Gasteiger charge is 2.35. The van der Waals surface area contributed by atoms with Crippen LogP contribution in [0.5, 0.6) is 5.75 Å². The molecule has 0 fully saturated rings. The fraction of sp³-hybridized carbons (Fsp3) is 0.400. The van der Waals surface area contributed by atoms with E-state index < -0.39 is 16.4 Å². The Labute approximate surface area is 142 Å². The summed E-state index contributed by atoms with van der Waals surface area (Å²) in [6.07, 6.45) is -0.344. The van der Waals surface area contributed by atoms with Crippen molar-refractivity contribution >= 4 is 39.3 Å². The fourth-order valence-electron chi connectivity index (χ4n) is 1.44. The molecule has 1 aromatic rings. The molecule has 0 aliphatic rings. The summed E-state index contributed by atoms with van der Waals surface area (Å²) in [5.41, 5.74) is -0.953. The smallest absolute Gasteiger partial charge is 0.320 e. The minimum Gasteiger partial charge on any atom is -0.471 e. The van der Waals surface area contributed by atoms with E-state index in [1.165, 1.54) is 0 Å². The molecule has 1 rings (SSSR count). The standard InChI is InChI=1S/C15H15BrClNO4/c1-15(2,9-21-12(19)7-8-18)13(20)14(16)22-11-5-3-10(17)4-6-11/h3-6,14H,7,9H2,1-2H3. The largest absolute Gasteiger partial charge is 0.471 e. The van der Waals surface area contributed by atoms with E-state index in [-0.39, 0.29) is 18.8 Å². The van der Waals surface area contributed by atoms with Crippen LogP contribution in [0.25, 0.3) is 0 Å². The number of hydrogen-bond donors (Lipinski definition) is 0. The maximum Gasteiger partial charge on any atom is 0.320 e. The average molecular weight is 389 g/mol. The lowest BCUT2D eigenvalue weighted by Gasteiger charge is -2.25. The van der Waals surface area contributed by atoms with Crippen molar-refractivity contribution in [2.75, 3.05) is 6.61 Å². The Bertz CT molecular complexity index is 580. The van der Waals surface area contributed by atoms with Gasteiger partial charge < -0.3 is 9.47 Å². The second kappa shape index (κ2) is 8.16. The molecule has 0 saturated carbocycles. The lowest BCUT2D eigenvalue weighted by Crippen LogP contribution is -2.38. The molecule has 7 heteroatoms. The summed E-state index contributed by atoms with van der Waals surface area (Å²) < 4.78 is 10.4. The second-order valence-electron chi connectivity index (χ2n) is 5.13. The summed E-state index contributed by atoms with van der Waals surface area (Å²) >= 11 is 8.95. The van der Waals surface area contributed by atoms with Gasteiger partial charge in [-0.15, -0.1) is 0 Å². The number of ether oxygens (including phenoxy) is 2. The van der Waals surface area contributed by atoms with Crippen LogP contribution < -0.4 is 4.74 Å². The van der Waals surface area contributed by atoms with Gasteiger partial charge >= 0.3 is 5.97 Å². The topological polar surface area (TPSA) is 76.4 Å². The van der Waals surface area contributed by atoms with E-state index in [2.05, 4.69) is 15.9 Å². The van der Waals surface area contributed by atoms with E-state index in [9.17, 15) is 9.59 Å². The summed E-state index contributed by atoms with van der Waals surface area (Å²) in [5, 5.41) is 8.07. The Morgan fingerprint density at radius 3 is 2.50 bits per heavy atom. The van der Waals surface area contributed by atoms with Crippen molar-refractivity contribution in [3.05, 3.63) is 29.3 Å². The zero-order valence-electron chi connectivity index (χ0n) is 12.1. The number of halogens is 2. The van der Waals surface area contributed by atoms with Crippen molar-refractivity contribution in [3.63, 3.8) is 0 Å². The Morgan fingerprint density at radius 2 is 1.95 bits per heavy atom. The molecule has 0 saturated heterocycles. The first-order valence-corrected chi connectivity index (χ1v) is 7.69. The van der Waals surface area contributed by atoms with Gasteiger partial charge in [-0.2, -0.15) is 5.26 Å². The molecule has 5 nitrogen and oxygen atoms in total. The van der Waals surface area contributed by atoms with Gasteiger partial charge in [0.1, 0.15) is 18.8 Å². The van der Waals surface area contributed by atoms with Gasteiger partial charge in [-0.3, -0.25) is 9.59 Å². The number of hydrogen-bond acceptors (Lipinski definition) is 5. The SMILES string of the molecule is CC(C)(COC(=O)CC#N)C(=O)C(Br)Oc1ccc(Cl)cc1. The molecule has 0 aliphatic heterocycles. The van der Waals surface area contributed by atoms with Gasteiger partial charge in [0.25, 0.3) is 0 Å². The first-order valence-electron chi connectivity index (χ1n) is 6.39. The number of nitrogens with zero attached hydrogens (tertiary/aromatic N) is 1. The summed E-state index contributed by atoms with van der Waals surface area (Å²) in [6, 6.07) is 8.27.